The summed E-state index contributed by atoms with van der Waals surface area (Å²) < 4.78 is 44.7. The zero-order valence-corrected chi connectivity index (χ0v) is 18.2. The number of imidazole rings is 1. The van der Waals surface area contributed by atoms with Crippen LogP contribution < -0.4 is 15.0 Å². The van der Waals surface area contributed by atoms with Gasteiger partial charge in [0.15, 0.2) is 6.61 Å². The first-order chi connectivity index (χ1) is 16.8. The van der Waals surface area contributed by atoms with Gasteiger partial charge in [0.1, 0.15) is 12.3 Å². The lowest BCUT2D eigenvalue weighted by molar-refractivity contribution is -0.144. The first-order valence-electron chi connectivity index (χ1n) is 10.7. The van der Waals surface area contributed by atoms with Gasteiger partial charge in [-0.2, -0.15) is 13.2 Å². The highest BCUT2D eigenvalue weighted by atomic mass is 19.4. The number of aromatic nitrogens is 2. The maximum Gasteiger partial charge on any atom is 0.449 e. The van der Waals surface area contributed by atoms with E-state index in [2.05, 4.69) is 15.3 Å². The van der Waals surface area contributed by atoms with Crippen LogP contribution in [0.4, 0.5) is 18.9 Å². The molecule has 5 rings (SSSR count). The number of nitrogens with zero attached hydrogens (tertiary/aromatic N) is 2. The number of H-pyrrole nitrogens is 1. The molecule has 0 aliphatic carbocycles. The van der Waals surface area contributed by atoms with Crippen LogP contribution in [-0.4, -0.2) is 34.9 Å². The van der Waals surface area contributed by atoms with E-state index >= 15 is 0 Å². The molecule has 1 aliphatic rings. The number of anilines is 1. The highest BCUT2D eigenvalue weighted by molar-refractivity contribution is 6.02. The average molecular weight is 480 g/mol. The molecule has 0 saturated heterocycles. The lowest BCUT2D eigenvalue weighted by Crippen LogP contribution is -2.45. The van der Waals surface area contributed by atoms with Crippen molar-refractivity contribution in [2.24, 2.45) is 0 Å². The van der Waals surface area contributed by atoms with Crippen LogP contribution in [0.5, 0.6) is 5.75 Å². The molecular formula is C25H19F3N4O3. The number of alkyl halides is 3. The molecular weight excluding hydrogens is 461 g/mol. The monoisotopic (exact) mass is 480 g/mol. The van der Waals surface area contributed by atoms with Crippen LogP contribution in [0.15, 0.2) is 72.8 Å². The van der Waals surface area contributed by atoms with Crippen molar-refractivity contribution in [3.63, 3.8) is 0 Å². The zero-order chi connectivity index (χ0) is 24.6. The Morgan fingerprint density at radius 2 is 1.80 bits per heavy atom. The number of ether oxygens (including phenoxy) is 1. The van der Waals surface area contributed by atoms with Crippen LogP contribution in [0.3, 0.4) is 0 Å². The topological polar surface area (TPSA) is 87.3 Å². The molecule has 7 nitrogen and oxygen atoms in total. The summed E-state index contributed by atoms with van der Waals surface area (Å²) in [5.41, 5.74) is 2.14. The van der Waals surface area contributed by atoms with Gasteiger partial charge in [0, 0.05) is 0 Å². The number of amides is 2. The molecule has 0 fully saturated rings. The molecule has 178 valence electrons. The molecule has 2 heterocycles. The molecule has 1 aromatic heterocycles. The van der Waals surface area contributed by atoms with Gasteiger partial charge in [-0.25, -0.2) is 4.98 Å². The van der Waals surface area contributed by atoms with Crippen molar-refractivity contribution < 1.29 is 27.5 Å². The third-order valence-electron chi connectivity index (χ3n) is 5.66. The zero-order valence-electron chi connectivity index (χ0n) is 18.2. The summed E-state index contributed by atoms with van der Waals surface area (Å²) in [6, 6.07) is 19.9. The number of hydrogen-bond donors (Lipinski definition) is 2. The van der Waals surface area contributed by atoms with E-state index in [0.29, 0.717) is 17.0 Å². The smallest absolute Gasteiger partial charge is 0.449 e. The molecule has 0 bridgehead atoms. The van der Waals surface area contributed by atoms with Gasteiger partial charge in [0.05, 0.1) is 22.8 Å². The van der Waals surface area contributed by atoms with E-state index in [1.807, 2.05) is 6.07 Å². The van der Waals surface area contributed by atoms with E-state index < -0.39 is 23.9 Å². The number of benzene rings is 3. The minimum Gasteiger partial charge on any atom is -0.482 e. The number of rotatable bonds is 5. The molecule has 1 atom stereocenters. The second-order valence-electron chi connectivity index (χ2n) is 8.01. The second-order valence-corrected chi connectivity index (χ2v) is 8.01. The fraction of sp³-hybridized carbons (Fsp3) is 0.160. The molecule has 0 saturated carbocycles. The van der Waals surface area contributed by atoms with Crippen LogP contribution in [0.25, 0.3) is 11.0 Å². The summed E-state index contributed by atoms with van der Waals surface area (Å²) in [6.07, 6.45) is -4.60. The van der Waals surface area contributed by atoms with Gasteiger partial charge in [0.25, 0.3) is 5.91 Å². The van der Waals surface area contributed by atoms with E-state index in [9.17, 15) is 22.8 Å². The van der Waals surface area contributed by atoms with E-state index in [0.717, 1.165) is 5.56 Å². The predicted octanol–water partition coefficient (Wildman–Crippen LogP) is 4.21. The minimum atomic E-state index is -4.60. The number of fused-ring (bicyclic) bond motifs is 2. The molecule has 35 heavy (non-hydrogen) atoms. The van der Waals surface area contributed by atoms with Gasteiger partial charge < -0.3 is 15.0 Å². The third-order valence-corrected chi connectivity index (χ3v) is 5.66. The lowest BCUT2D eigenvalue weighted by Gasteiger charge is -2.29. The normalized spacial score (nSPS) is 14.4. The number of carbonyl (C=O) groups is 2. The van der Waals surface area contributed by atoms with E-state index in [1.165, 1.54) is 17.0 Å². The highest BCUT2D eigenvalue weighted by Crippen LogP contribution is 2.32. The molecule has 4 aromatic rings. The lowest BCUT2D eigenvalue weighted by atomic mass is 9.98. The Hall–Kier alpha value is -4.34. The van der Waals surface area contributed by atoms with Crippen LogP contribution in [0, 0.1) is 0 Å². The van der Waals surface area contributed by atoms with Crippen molar-refractivity contribution >= 4 is 28.5 Å². The van der Waals surface area contributed by atoms with E-state index in [4.69, 9.17) is 4.74 Å². The number of aromatic amines is 1. The van der Waals surface area contributed by atoms with Crippen molar-refractivity contribution in [2.75, 3.05) is 18.1 Å². The Morgan fingerprint density at radius 3 is 2.57 bits per heavy atom. The average Bonchev–Trinajstić information content (AvgIpc) is 3.29. The number of nitrogens with one attached hydrogen (secondary N) is 2. The quantitative estimate of drug-likeness (QED) is 0.448. The number of hydrogen-bond acceptors (Lipinski definition) is 4. The Bertz CT molecular complexity index is 1400. The van der Waals surface area contributed by atoms with E-state index in [-0.39, 0.29) is 30.1 Å². The molecule has 2 amide bonds. The molecule has 0 spiro atoms. The summed E-state index contributed by atoms with van der Waals surface area (Å²) in [7, 11) is 0. The Kier molecular flexibility index (Phi) is 5.64. The standard InChI is InChI=1S/C25H19F3N4O3/c26-25(27,28)24-29-17-11-10-16(12-18(17)30-24)23(15-6-2-1-3-7-15)31-21(33)13-32-19-8-4-5-9-20(19)35-14-22(32)34/h1-12,23H,13-14H2,(H,29,30)(H,31,33). The minimum absolute atomic E-state index is 0.162. The molecule has 2 N–H and O–H groups in total. The Labute approximate surface area is 197 Å². The second kappa shape index (κ2) is 8.79. The summed E-state index contributed by atoms with van der Waals surface area (Å²) in [4.78, 5) is 32.8. The maximum atomic E-state index is 13.1. The number of halogens is 3. The van der Waals surface area contributed by atoms with Gasteiger partial charge in [0.2, 0.25) is 11.7 Å². The van der Waals surface area contributed by atoms with Crippen LogP contribution in [-0.2, 0) is 15.8 Å². The summed E-state index contributed by atoms with van der Waals surface area (Å²) in [5, 5.41) is 2.92. The van der Waals surface area contributed by atoms with Gasteiger partial charge in [-0.15, -0.1) is 0 Å². The SMILES string of the molecule is O=C(CN1C(=O)COc2ccccc21)NC(c1ccccc1)c1ccc2nc(C(F)(F)F)[nH]c2c1. The fourth-order valence-corrected chi connectivity index (χ4v) is 4.02. The van der Waals surface area contributed by atoms with Gasteiger partial charge >= 0.3 is 6.18 Å². The first-order valence-corrected chi connectivity index (χ1v) is 10.7. The summed E-state index contributed by atoms with van der Waals surface area (Å²) in [6.45, 7) is -0.419. The Balaban J connectivity index is 1.45. The fourth-order valence-electron chi connectivity index (χ4n) is 4.02. The first kappa shape index (κ1) is 22.5. The Morgan fingerprint density at radius 1 is 1.06 bits per heavy atom. The molecule has 3 aromatic carbocycles. The molecule has 0 radical (unpaired) electrons. The number of para-hydroxylation sites is 2. The van der Waals surface area contributed by atoms with Crippen molar-refractivity contribution in [1.29, 1.82) is 0 Å². The summed E-state index contributed by atoms with van der Waals surface area (Å²) >= 11 is 0. The maximum absolute atomic E-state index is 13.1. The largest absolute Gasteiger partial charge is 0.482 e. The predicted molar refractivity (Wildman–Crippen MR) is 122 cm³/mol. The third kappa shape index (κ3) is 4.54. The van der Waals surface area contributed by atoms with Crippen LogP contribution >= 0.6 is 0 Å². The number of carbonyl (C=O) groups excluding carboxylic acids is 2. The van der Waals surface area contributed by atoms with Crippen molar-refractivity contribution in [1.82, 2.24) is 15.3 Å². The van der Waals surface area contributed by atoms with Crippen molar-refractivity contribution in [3.05, 3.63) is 89.7 Å². The van der Waals surface area contributed by atoms with Gasteiger partial charge in [-0.05, 0) is 35.4 Å². The highest BCUT2D eigenvalue weighted by Gasteiger charge is 2.35. The molecule has 1 unspecified atom stereocenters. The van der Waals surface area contributed by atoms with Crippen LogP contribution in [0.1, 0.15) is 23.0 Å². The van der Waals surface area contributed by atoms with Gasteiger partial charge in [-0.3, -0.25) is 14.5 Å². The van der Waals surface area contributed by atoms with E-state index in [1.54, 1.807) is 54.6 Å². The van der Waals surface area contributed by atoms with Crippen molar-refractivity contribution in [2.45, 2.75) is 12.2 Å². The van der Waals surface area contributed by atoms with Crippen LogP contribution in [0.2, 0.25) is 0 Å². The summed E-state index contributed by atoms with van der Waals surface area (Å²) in [5.74, 6) is -1.38. The van der Waals surface area contributed by atoms with Crippen molar-refractivity contribution in [3.8, 4) is 5.75 Å². The molecule has 1 aliphatic heterocycles. The van der Waals surface area contributed by atoms with Gasteiger partial charge in [-0.1, -0.05) is 48.5 Å². The molecule has 10 heteroatoms.